The van der Waals surface area contributed by atoms with E-state index in [0.717, 1.165) is 22.3 Å². The zero-order valence-corrected chi connectivity index (χ0v) is 28.9. The molecule has 0 bridgehead atoms. The van der Waals surface area contributed by atoms with Crippen LogP contribution in [0, 0.1) is 10.8 Å². The van der Waals surface area contributed by atoms with E-state index >= 15 is 0 Å². The quantitative estimate of drug-likeness (QED) is 0.193. The summed E-state index contributed by atoms with van der Waals surface area (Å²) in [6.45, 7) is 21.4. The van der Waals surface area contributed by atoms with Crippen LogP contribution in [0.5, 0.6) is 0 Å². The molecule has 0 unspecified atom stereocenters. The summed E-state index contributed by atoms with van der Waals surface area (Å²) in [7, 11) is 0. The van der Waals surface area contributed by atoms with Gasteiger partial charge in [0.05, 0.1) is 0 Å². The second-order valence-corrected chi connectivity index (χ2v) is 13.5. The number of aliphatic carboxylic acids is 2. The molecular formula is C40H56O4. The molecule has 0 heterocycles. The second kappa shape index (κ2) is 18.2. The molecule has 0 aromatic carbocycles. The van der Waals surface area contributed by atoms with E-state index in [4.69, 9.17) is 10.2 Å². The van der Waals surface area contributed by atoms with Gasteiger partial charge in [-0.1, -0.05) is 111 Å². The molecule has 2 aliphatic rings. The topological polar surface area (TPSA) is 74.6 Å². The average molecular weight is 601 g/mol. The van der Waals surface area contributed by atoms with Crippen molar-refractivity contribution in [2.24, 2.45) is 10.8 Å². The Morgan fingerprint density at radius 2 is 0.932 bits per heavy atom. The molecule has 0 saturated heterocycles. The Kier molecular flexibility index (Phi) is 15.9. The van der Waals surface area contributed by atoms with Crippen LogP contribution in [0.15, 0.2) is 117 Å². The van der Waals surface area contributed by atoms with Crippen LogP contribution in [0.2, 0.25) is 0 Å². The van der Waals surface area contributed by atoms with Crippen molar-refractivity contribution in [2.45, 2.75) is 108 Å². The Labute approximate surface area is 267 Å². The monoisotopic (exact) mass is 600 g/mol. The average Bonchev–Trinajstić information content (AvgIpc) is 2.87. The molecule has 0 aromatic heterocycles. The third kappa shape index (κ3) is 14.7. The normalized spacial score (nSPS) is 20.2. The van der Waals surface area contributed by atoms with Gasteiger partial charge in [-0.2, -0.15) is 0 Å². The van der Waals surface area contributed by atoms with E-state index in [1.807, 2.05) is 24.3 Å². The number of hydrogen-bond acceptors (Lipinski definition) is 2. The van der Waals surface area contributed by atoms with E-state index in [1.54, 1.807) is 26.0 Å². The van der Waals surface area contributed by atoms with E-state index in [0.29, 0.717) is 0 Å². The molecule has 0 fully saturated rings. The van der Waals surface area contributed by atoms with Gasteiger partial charge in [-0.05, 0) is 113 Å². The molecule has 44 heavy (non-hydrogen) atoms. The minimum Gasteiger partial charge on any atom is -0.478 e. The molecule has 2 N–H and O–H groups in total. The van der Waals surface area contributed by atoms with Gasteiger partial charge in [0.1, 0.15) is 0 Å². The highest BCUT2D eigenvalue weighted by atomic mass is 16.4. The minimum absolute atomic E-state index is 0.260. The molecule has 2 aliphatic carbocycles. The Balaban J connectivity index is 0.000000440. The molecule has 0 aromatic rings. The first kappa shape index (κ1) is 38.4. The molecule has 240 valence electrons. The lowest BCUT2D eigenvalue weighted by Gasteiger charge is -2.33. The van der Waals surface area contributed by atoms with Crippen LogP contribution in [0.4, 0.5) is 0 Å². The van der Waals surface area contributed by atoms with Crippen LogP contribution in [0.25, 0.3) is 0 Å². The highest BCUT2D eigenvalue weighted by Gasteiger charge is 2.27. The minimum atomic E-state index is -0.912. The van der Waals surface area contributed by atoms with Crippen molar-refractivity contribution in [3.63, 3.8) is 0 Å². The van der Waals surface area contributed by atoms with Gasteiger partial charge in [0.15, 0.2) is 0 Å². The van der Waals surface area contributed by atoms with Gasteiger partial charge in [0, 0.05) is 12.2 Å². The van der Waals surface area contributed by atoms with Gasteiger partial charge in [-0.15, -0.1) is 0 Å². The Morgan fingerprint density at radius 1 is 0.591 bits per heavy atom. The van der Waals surface area contributed by atoms with Gasteiger partial charge in [0.25, 0.3) is 0 Å². The van der Waals surface area contributed by atoms with Crippen LogP contribution in [0.1, 0.15) is 108 Å². The summed E-state index contributed by atoms with van der Waals surface area (Å²) in [5.41, 5.74) is 10.2. The first-order valence-corrected chi connectivity index (χ1v) is 15.7. The van der Waals surface area contributed by atoms with Crippen molar-refractivity contribution < 1.29 is 19.8 Å². The highest BCUT2D eigenvalue weighted by molar-refractivity contribution is 5.81. The molecule has 4 nitrogen and oxygen atoms in total. The van der Waals surface area contributed by atoms with Gasteiger partial charge in [0.2, 0.25) is 0 Å². The van der Waals surface area contributed by atoms with Crippen molar-refractivity contribution in [2.75, 3.05) is 0 Å². The molecule has 0 spiro atoms. The lowest BCUT2D eigenvalue weighted by molar-refractivity contribution is -0.132. The zero-order chi connectivity index (χ0) is 33.5. The molecule has 4 heteroatoms. The number of carbonyl (C=O) groups is 2. The summed E-state index contributed by atoms with van der Waals surface area (Å²) in [4.78, 5) is 21.1. The first-order valence-electron chi connectivity index (χ1n) is 15.7. The Bertz CT molecular complexity index is 1240. The summed E-state index contributed by atoms with van der Waals surface area (Å²) >= 11 is 0. The summed E-state index contributed by atoms with van der Waals surface area (Å²) in [6, 6.07) is 0. The van der Waals surface area contributed by atoms with Crippen LogP contribution in [-0.2, 0) is 9.59 Å². The molecule has 0 amide bonds. The summed E-state index contributed by atoms with van der Waals surface area (Å²) in [6.07, 6.45) is 30.0. The predicted octanol–water partition coefficient (Wildman–Crippen LogP) is 11.2. The van der Waals surface area contributed by atoms with Crippen molar-refractivity contribution in [3.8, 4) is 0 Å². The maximum Gasteiger partial charge on any atom is 0.328 e. The molecule has 0 radical (unpaired) electrons. The van der Waals surface area contributed by atoms with Crippen molar-refractivity contribution >= 4 is 11.9 Å². The molecular weight excluding hydrogens is 544 g/mol. The van der Waals surface area contributed by atoms with E-state index in [1.165, 1.54) is 73.0 Å². The lowest BCUT2D eigenvalue weighted by Crippen LogP contribution is -2.19. The van der Waals surface area contributed by atoms with Crippen molar-refractivity contribution in [3.05, 3.63) is 117 Å². The number of rotatable bonds is 10. The van der Waals surface area contributed by atoms with Crippen LogP contribution >= 0.6 is 0 Å². The predicted molar refractivity (Wildman–Crippen MR) is 188 cm³/mol. The second-order valence-electron chi connectivity index (χ2n) is 13.5. The fraction of sp³-hybridized carbons (Fsp3) is 0.450. The van der Waals surface area contributed by atoms with Crippen LogP contribution in [0.3, 0.4) is 0 Å². The molecule has 0 atom stereocenters. The van der Waals surface area contributed by atoms with E-state index in [2.05, 4.69) is 79.7 Å². The molecule has 0 saturated carbocycles. The van der Waals surface area contributed by atoms with Gasteiger partial charge in [-0.3, -0.25) is 0 Å². The number of allylic oxidation sites excluding steroid dienone is 18. The Hall–Kier alpha value is -3.66. The van der Waals surface area contributed by atoms with Gasteiger partial charge < -0.3 is 10.2 Å². The number of carboxylic acid groups (broad SMARTS) is 2. The maximum absolute atomic E-state index is 10.5. The fourth-order valence-electron chi connectivity index (χ4n) is 5.75. The molecule has 2 rings (SSSR count). The van der Waals surface area contributed by atoms with Gasteiger partial charge in [-0.25, -0.2) is 9.59 Å². The van der Waals surface area contributed by atoms with E-state index < -0.39 is 11.9 Å². The third-order valence-corrected chi connectivity index (χ3v) is 8.25. The van der Waals surface area contributed by atoms with Gasteiger partial charge >= 0.3 is 11.9 Å². The number of carboxylic acids is 2. The van der Waals surface area contributed by atoms with E-state index in [9.17, 15) is 9.59 Å². The van der Waals surface area contributed by atoms with Crippen molar-refractivity contribution in [1.29, 1.82) is 0 Å². The maximum atomic E-state index is 10.5. The largest absolute Gasteiger partial charge is 0.478 e. The smallest absolute Gasteiger partial charge is 0.328 e. The zero-order valence-electron chi connectivity index (χ0n) is 28.9. The number of hydrogen-bond donors (Lipinski definition) is 2. The summed E-state index contributed by atoms with van der Waals surface area (Å²) < 4.78 is 0. The lowest BCUT2D eigenvalue weighted by atomic mass is 9.72. The summed E-state index contributed by atoms with van der Waals surface area (Å²) in [5, 5.41) is 17.3. The van der Waals surface area contributed by atoms with Crippen LogP contribution in [-0.4, -0.2) is 22.2 Å². The summed E-state index contributed by atoms with van der Waals surface area (Å²) in [5.74, 6) is -1.82. The Morgan fingerprint density at radius 3 is 1.23 bits per heavy atom. The first-order chi connectivity index (χ1) is 20.4. The highest BCUT2D eigenvalue weighted by Crippen LogP contribution is 2.41. The SMILES string of the molecule is CC1=C(/C=C/C(C)=C\C=C\C(C)=C\C(=O)O)C(C)(C)CCC1.CC1=C(/C=C/C(C)=C\C=C\C(C)=C\C(=O)O)C(C)(C)CCC1. The fourth-order valence-corrected chi connectivity index (χ4v) is 5.75. The van der Waals surface area contributed by atoms with Crippen molar-refractivity contribution in [1.82, 2.24) is 0 Å². The standard InChI is InChI=1S/2C20H28O2/c2*1-15(8-6-9-16(2)14-19(21)22)11-12-18-17(3)10-7-13-20(18,4)5/h2*6,8-9,11-12,14H,7,10,13H2,1-5H3,(H,21,22)/b2*9-6+,12-11+,15-8-,16-14+. The molecule has 0 aliphatic heterocycles. The third-order valence-electron chi connectivity index (χ3n) is 8.25. The van der Waals surface area contributed by atoms with Crippen LogP contribution < -0.4 is 0 Å². The van der Waals surface area contributed by atoms with E-state index in [-0.39, 0.29) is 10.8 Å².